The zero-order chi connectivity index (χ0) is 16.1. The summed E-state index contributed by atoms with van der Waals surface area (Å²) < 4.78 is 31.5. The molecule has 1 aliphatic carbocycles. The molecular formula is C16H18F2N2O2. The van der Waals surface area contributed by atoms with Crippen LogP contribution in [0.2, 0.25) is 0 Å². The van der Waals surface area contributed by atoms with Gasteiger partial charge in [0.15, 0.2) is 0 Å². The third-order valence-corrected chi connectivity index (χ3v) is 3.48. The fraction of sp³-hybridized carbons (Fsp3) is 0.438. The van der Waals surface area contributed by atoms with E-state index in [-0.39, 0.29) is 24.6 Å². The number of nitrogens with one attached hydrogen (secondary N) is 1. The standard InChI is InChI=1S/C16H18F2N2O2/c1-10(3-2-4-19)20-16(21)22-15-7-12(8-15)11-5-13(17)9-14(18)6-11/h5-6,9-10,12,15H,4,7-8,19H2,1H3,(H,20,21)/t10-,12-,15-/m1/s1. The van der Waals surface area contributed by atoms with Crippen molar-refractivity contribution in [2.45, 2.75) is 37.8 Å². The Morgan fingerprint density at radius 2 is 2.05 bits per heavy atom. The highest BCUT2D eigenvalue weighted by molar-refractivity contribution is 5.68. The number of halogens is 2. The monoisotopic (exact) mass is 308 g/mol. The van der Waals surface area contributed by atoms with Crippen molar-refractivity contribution in [1.29, 1.82) is 0 Å². The first-order valence-electron chi connectivity index (χ1n) is 7.09. The lowest BCUT2D eigenvalue weighted by Gasteiger charge is -2.35. The number of carbonyl (C=O) groups is 1. The summed E-state index contributed by atoms with van der Waals surface area (Å²) in [4.78, 5) is 11.6. The van der Waals surface area contributed by atoms with E-state index in [1.807, 2.05) is 0 Å². The van der Waals surface area contributed by atoms with E-state index in [2.05, 4.69) is 17.2 Å². The number of hydrogen-bond acceptors (Lipinski definition) is 3. The molecule has 1 saturated carbocycles. The molecule has 4 nitrogen and oxygen atoms in total. The van der Waals surface area contributed by atoms with Crippen molar-refractivity contribution in [2.24, 2.45) is 5.73 Å². The molecule has 6 heteroatoms. The molecule has 0 bridgehead atoms. The van der Waals surface area contributed by atoms with Crippen molar-refractivity contribution < 1.29 is 18.3 Å². The molecule has 0 aliphatic heterocycles. The summed E-state index contributed by atoms with van der Waals surface area (Å²) in [6.45, 7) is 1.96. The van der Waals surface area contributed by atoms with Gasteiger partial charge in [0, 0.05) is 6.07 Å². The van der Waals surface area contributed by atoms with Crippen molar-refractivity contribution in [1.82, 2.24) is 5.32 Å². The Labute approximate surface area is 128 Å². The zero-order valence-corrected chi connectivity index (χ0v) is 12.2. The number of alkyl carbamates (subject to hydrolysis) is 1. The van der Waals surface area contributed by atoms with E-state index in [0.29, 0.717) is 18.4 Å². The molecular weight excluding hydrogens is 290 g/mol. The fourth-order valence-corrected chi connectivity index (χ4v) is 2.36. The van der Waals surface area contributed by atoms with Gasteiger partial charge in [0.05, 0.1) is 12.6 Å². The zero-order valence-electron chi connectivity index (χ0n) is 12.2. The summed E-state index contributed by atoms with van der Waals surface area (Å²) in [5.74, 6) is 4.23. The first-order valence-corrected chi connectivity index (χ1v) is 7.09. The van der Waals surface area contributed by atoms with Gasteiger partial charge >= 0.3 is 6.09 Å². The van der Waals surface area contributed by atoms with Gasteiger partial charge < -0.3 is 15.8 Å². The van der Waals surface area contributed by atoms with Gasteiger partial charge in [-0.05, 0) is 43.4 Å². The molecule has 0 unspecified atom stereocenters. The second-order valence-corrected chi connectivity index (χ2v) is 5.29. The molecule has 1 atom stereocenters. The molecule has 1 aliphatic rings. The van der Waals surface area contributed by atoms with Crippen LogP contribution in [0.25, 0.3) is 0 Å². The summed E-state index contributed by atoms with van der Waals surface area (Å²) in [6.07, 6.45) is 0.317. The number of hydrogen-bond donors (Lipinski definition) is 2. The molecule has 0 aromatic heterocycles. The summed E-state index contributed by atoms with van der Waals surface area (Å²) >= 11 is 0. The minimum atomic E-state index is -0.593. The van der Waals surface area contributed by atoms with Crippen LogP contribution in [0.1, 0.15) is 31.2 Å². The number of carbonyl (C=O) groups excluding carboxylic acids is 1. The van der Waals surface area contributed by atoms with E-state index in [4.69, 9.17) is 10.5 Å². The van der Waals surface area contributed by atoms with Gasteiger partial charge in [0.1, 0.15) is 17.7 Å². The van der Waals surface area contributed by atoms with Crippen LogP contribution in [0.15, 0.2) is 18.2 Å². The van der Waals surface area contributed by atoms with E-state index in [0.717, 1.165) is 6.07 Å². The average Bonchev–Trinajstić information content (AvgIpc) is 2.38. The number of rotatable bonds is 3. The third kappa shape index (κ3) is 4.43. The van der Waals surface area contributed by atoms with E-state index in [1.54, 1.807) is 6.92 Å². The topological polar surface area (TPSA) is 64.3 Å². The number of amides is 1. The van der Waals surface area contributed by atoms with Gasteiger partial charge in [0.25, 0.3) is 0 Å². The predicted octanol–water partition coefficient (Wildman–Crippen LogP) is 2.29. The van der Waals surface area contributed by atoms with Crippen LogP contribution >= 0.6 is 0 Å². The lowest BCUT2D eigenvalue weighted by molar-refractivity contribution is 0.0387. The van der Waals surface area contributed by atoms with E-state index >= 15 is 0 Å². The maximum absolute atomic E-state index is 13.1. The third-order valence-electron chi connectivity index (χ3n) is 3.48. The SMILES string of the molecule is C[C@H](C#CCN)NC(=O)O[C@H]1C[C@H](c2cc(F)cc(F)c2)C1. The summed E-state index contributed by atoms with van der Waals surface area (Å²) in [7, 11) is 0. The van der Waals surface area contributed by atoms with E-state index in [1.165, 1.54) is 12.1 Å². The lowest BCUT2D eigenvalue weighted by atomic mass is 9.77. The normalized spacial score (nSPS) is 21.1. The highest BCUT2D eigenvalue weighted by Gasteiger charge is 2.33. The molecule has 118 valence electrons. The number of benzene rings is 1. The fourth-order valence-electron chi connectivity index (χ4n) is 2.36. The van der Waals surface area contributed by atoms with Crippen LogP contribution in [-0.2, 0) is 4.74 Å². The van der Waals surface area contributed by atoms with Gasteiger partial charge in [0.2, 0.25) is 0 Å². The Morgan fingerprint density at radius 3 is 2.64 bits per heavy atom. The Hall–Kier alpha value is -2.13. The van der Waals surface area contributed by atoms with Crippen LogP contribution in [-0.4, -0.2) is 24.8 Å². The van der Waals surface area contributed by atoms with Crippen LogP contribution < -0.4 is 11.1 Å². The molecule has 1 fully saturated rings. The van der Waals surface area contributed by atoms with Crippen LogP contribution in [0, 0.1) is 23.5 Å². The largest absolute Gasteiger partial charge is 0.446 e. The quantitative estimate of drug-likeness (QED) is 0.842. The Morgan fingerprint density at radius 1 is 1.41 bits per heavy atom. The van der Waals surface area contributed by atoms with Gasteiger partial charge in [-0.3, -0.25) is 0 Å². The molecule has 0 radical (unpaired) electrons. The minimum Gasteiger partial charge on any atom is -0.446 e. The van der Waals surface area contributed by atoms with Crippen LogP contribution in [0.3, 0.4) is 0 Å². The van der Waals surface area contributed by atoms with E-state index < -0.39 is 17.7 Å². The molecule has 1 amide bonds. The minimum absolute atomic E-state index is 0.0115. The highest BCUT2D eigenvalue weighted by atomic mass is 19.1. The van der Waals surface area contributed by atoms with Crippen molar-refractivity contribution in [3.05, 3.63) is 35.4 Å². The van der Waals surface area contributed by atoms with Gasteiger partial charge in [-0.2, -0.15) is 0 Å². The number of ether oxygens (including phenoxy) is 1. The van der Waals surface area contributed by atoms with Crippen molar-refractivity contribution in [2.75, 3.05) is 6.54 Å². The van der Waals surface area contributed by atoms with Crippen molar-refractivity contribution >= 4 is 6.09 Å². The first kappa shape index (κ1) is 16.2. The molecule has 3 N–H and O–H groups in total. The smallest absolute Gasteiger partial charge is 0.408 e. The summed E-state index contributed by atoms with van der Waals surface area (Å²) in [5, 5.41) is 2.58. The van der Waals surface area contributed by atoms with Crippen molar-refractivity contribution in [3.8, 4) is 11.8 Å². The maximum atomic E-state index is 13.1. The molecule has 2 rings (SSSR count). The molecule has 22 heavy (non-hydrogen) atoms. The van der Waals surface area contributed by atoms with E-state index in [9.17, 15) is 13.6 Å². The van der Waals surface area contributed by atoms with Gasteiger partial charge in [-0.1, -0.05) is 11.8 Å². The molecule has 1 aromatic carbocycles. The van der Waals surface area contributed by atoms with Crippen molar-refractivity contribution in [3.63, 3.8) is 0 Å². The molecule has 1 aromatic rings. The Kier molecular flexibility index (Phi) is 5.34. The van der Waals surface area contributed by atoms with Gasteiger partial charge in [-0.15, -0.1) is 0 Å². The molecule has 0 spiro atoms. The molecule has 0 saturated heterocycles. The second-order valence-electron chi connectivity index (χ2n) is 5.29. The average molecular weight is 308 g/mol. The predicted molar refractivity (Wildman–Crippen MR) is 78.0 cm³/mol. The second kappa shape index (κ2) is 7.23. The Balaban J connectivity index is 1.78. The van der Waals surface area contributed by atoms with Crippen LogP contribution in [0.5, 0.6) is 0 Å². The van der Waals surface area contributed by atoms with Crippen LogP contribution in [0.4, 0.5) is 13.6 Å². The lowest BCUT2D eigenvalue weighted by Crippen LogP contribution is -2.39. The number of nitrogens with two attached hydrogens (primary N) is 1. The maximum Gasteiger partial charge on any atom is 0.408 e. The molecule has 0 heterocycles. The highest BCUT2D eigenvalue weighted by Crippen LogP contribution is 2.39. The first-order chi connectivity index (χ1) is 10.5. The summed E-state index contributed by atoms with van der Waals surface area (Å²) in [6, 6.07) is 3.13. The van der Waals surface area contributed by atoms with Gasteiger partial charge in [-0.25, -0.2) is 13.6 Å². The summed E-state index contributed by atoms with van der Waals surface area (Å²) in [5.41, 5.74) is 5.84. The Bertz CT molecular complexity index is 584.